The summed E-state index contributed by atoms with van der Waals surface area (Å²) in [7, 11) is 0. The van der Waals surface area contributed by atoms with E-state index in [0.29, 0.717) is 12.0 Å². The maximum Gasteiger partial charge on any atom is 0.255 e. The van der Waals surface area contributed by atoms with E-state index in [2.05, 4.69) is 10.6 Å². The standard InChI is InChI=1S/C27H34N2O3S.C2H6/c1-17-7-6-8-18(2)25(17)29-26(32)20-9-10-21-23(15-20)33-24(28-21)12-11-22(31)19(3)27(16-30)13-4-5-14-27;1-2/h6-10,15,19,24,28,30H,4-5,11-14,16H2,1-3H3,(H,29,32);1-2H3. The van der Waals surface area contributed by atoms with Gasteiger partial charge in [-0.1, -0.05) is 63.6 Å². The molecule has 2 atom stereocenters. The molecule has 0 spiro atoms. The van der Waals surface area contributed by atoms with Crippen LogP contribution in [0.5, 0.6) is 0 Å². The molecule has 35 heavy (non-hydrogen) atoms. The second kappa shape index (κ2) is 12.1. The summed E-state index contributed by atoms with van der Waals surface area (Å²) in [6.07, 6.45) is 5.34. The van der Waals surface area contributed by atoms with Crippen LogP contribution in [0.4, 0.5) is 11.4 Å². The number of aliphatic hydroxyl groups is 1. The number of fused-ring (bicyclic) bond motifs is 1. The van der Waals surface area contributed by atoms with Crippen LogP contribution in [0.15, 0.2) is 41.3 Å². The van der Waals surface area contributed by atoms with Gasteiger partial charge in [-0.05, 0) is 62.4 Å². The molecule has 0 radical (unpaired) electrons. The van der Waals surface area contributed by atoms with Crippen LogP contribution in [0, 0.1) is 25.2 Å². The number of hydrogen-bond acceptors (Lipinski definition) is 5. The molecule has 0 saturated heterocycles. The largest absolute Gasteiger partial charge is 0.396 e. The van der Waals surface area contributed by atoms with Crippen LogP contribution >= 0.6 is 11.8 Å². The van der Waals surface area contributed by atoms with Gasteiger partial charge in [-0.15, -0.1) is 0 Å². The minimum atomic E-state index is -0.214. The van der Waals surface area contributed by atoms with Crippen molar-refractivity contribution >= 4 is 34.8 Å². The molecule has 1 aliphatic heterocycles. The summed E-state index contributed by atoms with van der Waals surface area (Å²) in [6.45, 7) is 10.1. The second-order valence-electron chi connectivity index (χ2n) is 9.64. The summed E-state index contributed by atoms with van der Waals surface area (Å²) in [5.41, 5.74) is 4.37. The van der Waals surface area contributed by atoms with Crippen molar-refractivity contribution in [3.63, 3.8) is 0 Å². The molecular formula is C29H40N2O3S. The molecule has 1 heterocycles. The average Bonchev–Trinajstić information content (AvgIpc) is 3.52. The highest BCUT2D eigenvalue weighted by Gasteiger charge is 2.41. The quantitative estimate of drug-likeness (QED) is 0.368. The highest BCUT2D eigenvalue weighted by molar-refractivity contribution is 8.00. The monoisotopic (exact) mass is 496 g/mol. The molecule has 1 amide bonds. The number of aliphatic hydroxyl groups excluding tert-OH is 1. The number of thioether (sulfide) groups is 1. The van der Waals surface area contributed by atoms with E-state index in [1.165, 1.54) is 0 Å². The molecule has 4 rings (SSSR count). The van der Waals surface area contributed by atoms with Gasteiger partial charge in [0.25, 0.3) is 5.91 Å². The first kappa shape index (κ1) is 27.3. The fraction of sp³-hybridized carbons (Fsp3) is 0.517. The van der Waals surface area contributed by atoms with E-state index in [1.54, 1.807) is 11.8 Å². The summed E-state index contributed by atoms with van der Waals surface area (Å²) in [5, 5.41) is 16.6. The third-order valence-electron chi connectivity index (χ3n) is 7.52. The molecule has 2 aliphatic rings. The van der Waals surface area contributed by atoms with Gasteiger partial charge in [-0.3, -0.25) is 9.59 Å². The van der Waals surface area contributed by atoms with E-state index >= 15 is 0 Å². The number of carbonyl (C=O) groups is 2. The zero-order chi connectivity index (χ0) is 25.6. The Bertz CT molecular complexity index is 1030. The smallest absolute Gasteiger partial charge is 0.255 e. The number of Topliss-reactive ketones (excluding diaryl/α,β-unsaturated/α-hetero) is 1. The summed E-state index contributed by atoms with van der Waals surface area (Å²) in [4.78, 5) is 26.8. The number of ketones is 1. The average molecular weight is 497 g/mol. The van der Waals surface area contributed by atoms with Crippen LogP contribution in [0.1, 0.15) is 80.8 Å². The number of nitrogens with one attached hydrogen (secondary N) is 2. The molecule has 1 aliphatic carbocycles. The highest BCUT2D eigenvalue weighted by atomic mass is 32.2. The minimum absolute atomic E-state index is 0.0982. The topological polar surface area (TPSA) is 78.4 Å². The minimum Gasteiger partial charge on any atom is -0.396 e. The first-order valence-corrected chi connectivity index (χ1v) is 13.8. The van der Waals surface area contributed by atoms with Crippen LogP contribution < -0.4 is 10.6 Å². The normalized spacial score (nSPS) is 18.6. The van der Waals surface area contributed by atoms with Gasteiger partial charge in [0.05, 0.1) is 5.37 Å². The van der Waals surface area contributed by atoms with Gasteiger partial charge in [0.2, 0.25) is 0 Å². The lowest BCUT2D eigenvalue weighted by Crippen LogP contribution is -2.35. The van der Waals surface area contributed by atoms with Gasteiger partial charge >= 0.3 is 0 Å². The molecule has 2 unspecified atom stereocenters. The number of para-hydroxylation sites is 1. The Kier molecular flexibility index (Phi) is 9.42. The van der Waals surface area contributed by atoms with Gasteiger partial charge in [0.1, 0.15) is 5.78 Å². The van der Waals surface area contributed by atoms with E-state index < -0.39 is 0 Å². The lowest BCUT2D eigenvalue weighted by Gasteiger charge is -2.32. The number of aryl methyl sites for hydroxylation is 2. The molecule has 1 saturated carbocycles. The van der Waals surface area contributed by atoms with Crippen molar-refractivity contribution in [3.8, 4) is 0 Å². The number of hydrogen-bond donors (Lipinski definition) is 3. The molecule has 3 N–H and O–H groups in total. The molecule has 1 fully saturated rings. The number of rotatable bonds is 8. The number of amides is 1. The number of anilines is 2. The highest BCUT2D eigenvalue weighted by Crippen LogP contribution is 2.45. The van der Waals surface area contributed by atoms with E-state index in [1.807, 2.05) is 71.0 Å². The van der Waals surface area contributed by atoms with E-state index in [0.717, 1.165) is 59.5 Å². The van der Waals surface area contributed by atoms with E-state index in [9.17, 15) is 14.7 Å². The van der Waals surface area contributed by atoms with E-state index in [4.69, 9.17) is 0 Å². The molecular weight excluding hydrogens is 456 g/mol. The Balaban J connectivity index is 0.00000167. The van der Waals surface area contributed by atoms with Gasteiger partial charge in [-0.25, -0.2) is 0 Å². The first-order chi connectivity index (χ1) is 16.8. The third kappa shape index (κ3) is 6.10. The first-order valence-electron chi connectivity index (χ1n) is 12.9. The van der Waals surface area contributed by atoms with Crippen molar-refractivity contribution in [3.05, 3.63) is 53.1 Å². The summed E-state index contributed by atoms with van der Waals surface area (Å²) < 4.78 is 0. The van der Waals surface area contributed by atoms with Crippen molar-refractivity contribution in [2.24, 2.45) is 11.3 Å². The zero-order valence-corrected chi connectivity index (χ0v) is 22.6. The van der Waals surface area contributed by atoms with Gasteiger partial charge in [0, 0.05) is 46.2 Å². The van der Waals surface area contributed by atoms with Gasteiger partial charge in [-0.2, -0.15) is 0 Å². The van der Waals surface area contributed by atoms with Crippen molar-refractivity contribution in [1.29, 1.82) is 0 Å². The molecule has 190 valence electrons. The lowest BCUT2D eigenvalue weighted by atomic mass is 9.72. The van der Waals surface area contributed by atoms with Crippen molar-refractivity contribution < 1.29 is 14.7 Å². The molecule has 2 aromatic carbocycles. The van der Waals surface area contributed by atoms with Crippen LogP contribution in [-0.4, -0.2) is 28.8 Å². The molecule has 5 nitrogen and oxygen atoms in total. The fourth-order valence-corrected chi connectivity index (χ4v) is 6.38. The van der Waals surface area contributed by atoms with Crippen LogP contribution in [0.25, 0.3) is 0 Å². The van der Waals surface area contributed by atoms with Gasteiger partial charge < -0.3 is 15.7 Å². The third-order valence-corrected chi connectivity index (χ3v) is 8.75. The Morgan fingerprint density at radius 3 is 2.43 bits per heavy atom. The van der Waals surface area contributed by atoms with Gasteiger partial charge in [0.15, 0.2) is 0 Å². The Labute approximate surface area is 214 Å². The Hall–Kier alpha value is -2.31. The molecule has 6 heteroatoms. The maximum absolute atomic E-state index is 12.9. The summed E-state index contributed by atoms with van der Waals surface area (Å²) in [5.74, 6) is 0.0334. The molecule has 0 bridgehead atoms. The SMILES string of the molecule is CC.Cc1cccc(C)c1NC(=O)c1ccc2c(c1)SC(CCC(=O)C(C)C1(CO)CCCC1)N2. The molecule has 0 aromatic heterocycles. The second-order valence-corrected chi connectivity index (χ2v) is 10.9. The summed E-state index contributed by atoms with van der Waals surface area (Å²) >= 11 is 1.68. The zero-order valence-electron chi connectivity index (χ0n) is 21.7. The van der Waals surface area contributed by atoms with Crippen LogP contribution in [0.2, 0.25) is 0 Å². The Morgan fingerprint density at radius 2 is 1.80 bits per heavy atom. The van der Waals surface area contributed by atoms with Crippen LogP contribution in [-0.2, 0) is 4.79 Å². The van der Waals surface area contributed by atoms with Crippen molar-refractivity contribution in [2.75, 3.05) is 17.2 Å². The Morgan fingerprint density at radius 1 is 1.14 bits per heavy atom. The summed E-state index contributed by atoms with van der Waals surface area (Å²) in [6, 6.07) is 11.7. The predicted octanol–water partition coefficient (Wildman–Crippen LogP) is 6.96. The lowest BCUT2D eigenvalue weighted by molar-refractivity contribution is -0.127. The fourth-order valence-electron chi connectivity index (χ4n) is 5.20. The number of benzene rings is 2. The maximum atomic E-state index is 12.9. The van der Waals surface area contributed by atoms with Crippen molar-refractivity contribution in [2.45, 2.75) is 83.4 Å². The van der Waals surface area contributed by atoms with E-state index in [-0.39, 0.29) is 35.0 Å². The predicted molar refractivity (Wildman–Crippen MR) is 146 cm³/mol. The number of carbonyl (C=O) groups excluding carboxylic acids is 2. The molecule has 2 aromatic rings. The van der Waals surface area contributed by atoms with Crippen LogP contribution in [0.3, 0.4) is 0 Å². The van der Waals surface area contributed by atoms with Crippen molar-refractivity contribution in [1.82, 2.24) is 0 Å².